The monoisotopic (exact) mass is 664 g/mol. The van der Waals surface area contributed by atoms with Gasteiger partial charge in [0.2, 0.25) is 17.7 Å². The lowest BCUT2D eigenvalue weighted by atomic mass is 10.0. The number of amides is 3. The van der Waals surface area contributed by atoms with E-state index in [4.69, 9.17) is 14.2 Å². The minimum Gasteiger partial charge on any atom is -0.497 e. The number of carbonyl (C=O) groups is 3. The van der Waals surface area contributed by atoms with Crippen LogP contribution in [0.25, 0.3) is 0 Å². The Morgan fingerprint density at radius 3 is 1.57 bits per heavy atom. The summed E-state index contributed by atoms with van der Waals surface area (Å²) in [6, 6.07) is 32.3. The number of ether oxygens (including phenoxy) is 3. The van der Waals surface area contributed by atoms with E-state index in [1.807, 2.05) is 84.9 Å². The van der Waals surface area contributed by atoms with Crippen LogP contribution in [0.5, 0.6) is 11.5 Å². The first-order chi connectivity index (χ1) is 23.8. The van der Waals surface area contributed by atoms with Gasteiger partial charge in [0.05, 0.1) is 33.6 Å². The number of likely N-dealkylation sites (N-methyl/N-ethyl adjacent to an activating group) is 2. The number of carbonyl (C=O) groups excluding carboxylic acids is 3. The number of hydrogen-bond donors (Lipinski definition) is 2. The predicted molar refractivity (Wildman–Crippen MR) is 192 cm³/mol. The Morgan fingerprint density at radius 1 is 0.653 bits per heavy atom. The molecule has 4 rings (SSSR count). The molecule has 2 atom stereocenters. The molecular weight excluding hydrogens is 620 g/mol. The Balaban J connectivity index is 1.33. The van der Waals surface area contributed by atoms with Crippen LogP contribution in [0.15, 0.2) is 121 Å². The quantitative estimate of drug-likeness (QED) is 0.0950. The van der Waals surface area contributed by atoms with Gasteiger partial charge in [0.1, 0.15) is 17.5 Å². The van der Waals surface area contributed by atoms with Gasteiger partial charge < -0.3 is 29.3 Å². The second-order valence-corrected chi connectivity index (χ2v) is 11.3. The van der Waals surface area contributed by atoms with E-state index in [9.17, 15) is 14.4 Å². The van der Waals surface area contributed by atoms with Crippen molar-refractivity contribution in [1.82, 2.24) is 10.6 Å². The summed E-state index contributed by atoms with van der Waals surface area (Å²) in [6.07, 6.45) is 3.71. The van der Waals surface area contributed by atoms with Crippen LogP contribution in [0.1, 0.15) is 11.1 Å². The molecule has 10 heteroatoms. The summed E-state index contributed by atoms with van der Waals surface area (Å²) in [5.41, 5.74) is 3.33. The van der Waals surface area contributed by atoms with Crippen LogP contribution in [0.2, 0.25) is 0 Å². The molecule has 0 saturated heterocycles. The van der Waals surface area contributed by atoms with Crippen molar-refractivity contribution in [2.75, 3.05) is 51.5 Å². The van der Waals surface area contributed by atoms with Crippen LogP contribution in [0.4, 0.5) is 11.4 Å². The number of methoxy groups -OCH3 is 2. The van der Waals surface area contributed by atoms with Gasteiger partial charge in [-0.15, -0.1) is 0 Å². The molecule has 0 aliphatic heterocycles. The molecule has 4 aromatic rings. The van der Waals surface area contributed by atoms with Gasteiger partial charge in [-0.1, -0.05) is 66.7 Å². The molecule has 0 unspecified atom stereocenters. The fourth-order valence-corrected chi connectivity index (χ4v) is 5.14. The first-order valence-corrected chi connectivity index (χ1v) is 16.0. The zero-order valence-electron chi connectivity index (χ0n) is 28.4. The van der Waals surface area contributed by atoms with Crippen molar-refractivity contribution in [3.8, 4) is 11.5 Å². The molecule has 0 saturated carbocycles. The third kappa shape index (κ3) is 11.1. The average molecular weight is 665 g/mol. The van der Waals surface area contributed by atoms with E-state index >= 15 is 0 Å². The third-order valence-corrected chi connectivity index (χ3v) is 7.97. The zero-order valence-corrected chi connectivity index (χ0v) is 28.4. The molecule has 4 aromatic carbocycles. The highest BCUT2D eigenvalue weighted by molar-refractivity contribution is 6.00. The molecule has 0 radical (unpaired) electrons. The molecule has 49 heavy (non-hydrogen) atoms. The van der Waals surface area contributed by atoms with E-state index in [-0.39, 0.29) is 25.2 Å². The highest BCUT2D eigenvalue weighted by Crippen LogP contribution is 2.21. The number of nitrogens with one attached hydrogen (secondary N) is 2. The summed E-state index contributed by atoms with van der Waals surface area (Å²) >= 11 is 0. The molecule has 10 nitrogen and oxygen atoms in total. The highest BCUT2D eigenvalue weighted by Gasteiger charge is 2.25. The Labute approximate surface area is 288 Å². The Morgan fingerprint density at radius 2 is 1.10 bits per heavy atom. The first kappa shape index (κ1) is 36.4. The minimum absolute atomic E-state index is 0.0768. The van der Waals surface area contributed by atoms with Crippen molar-refractivity contribution < 1.29 is 28.6 Å². The summed E-state index contributed by atoms with van der Waals surface area (Å²) in [5.74, 6) is 0.580. The van der Waals surface area contributed by atoms with Crippen molar-refractivity contribution in [3.05, 3.63) is 132 Å². The molecule has 0 aromatic heterocycles. The molecule has 3 amide bonds. The van der Waals surface area contributed by atoms with Gasteiger partial charge in [-0.05, 0) is 66.1 Å². The van der Waals surface area contributed by atoms with Crippen LogP contribution in [-0.4, -0.2) is 71.5 Å². The maximum atomic E-state index is 13.6. The minimum atomic E-state index is -0.804. The number of hydrogen-bond acceptors (Lipinski definition) is 7. The maximum absolute atomic E-state index is 13.6. The fourth-order valence-electron chi connectivity index (χ4n) is 5.14. The lowest BCUT2D eigenvalue weighted by Gasteiger charge is -2.25. The van der Waals surface area contributed by atoms with E-state index in [1.54, 1.807) is 63.6 Å². The lowest BCUT2D eigenvalue weighted by Crippen LogP contribution is -2.48. The van der Waals surface area contributed by atoms with E-state index in [0.717, 1.165) is 16.8 Å². The number of nitrogens with zero attached hydrogens (tertiary/aromatic N) is 2. The fraction of sp³-hybridized carbons (Fsp3) is 0.256. The van der Waals surface area contributed by atoms with Gasteiger partial charge in [-0.2, -0.15) is 0 Å². The predicted octanol–water partition coefficient (Wildman–Crippen LogP) is 4.79. The van der Waals surface area contributed by atoms with E-state index in [0.29, 0.717) is 30.0 Å². The van der Waals surface area contributed by atoms with E-state index < -0.39 is 18.0 Å². The van der Waals surface area contributed by atoms with Crippen molar-refractivity contribution in [2.45, 2.75) is 24.9 Å². The molecule has 256 valence electrons. The maximum Gasteiger partial charge on any atom is 0.249 e. The molecule has 0 heterocycles. The summed E-state index contributed by atoms with van der Waals surface area (Å²) in [7, 11) is 6.59. The first-order valence-electron chi connectivity index (χ1n) is 16.0. The normalized spacial score (nSPS) is 12.2. The SMILES string of the molecule is COc1ccc(N(C)C(=O)[C@H](Cc2ccccc2)NCOC/C=C/C(=O)N[C@@H](Cc2ccccc2)C(=O)N(C)c2ccc(OC)cc2)cc1. The number of rotatable bonds is 17. The van der Waals surface area contributed by atoms with Gasteiger partial charge in [-0.3, -0.25) is 19.7 Å². The summed E-state index contributed by atoms with van der Waals surface area (Å²) in [6.45, 7) is 0.192. The van der Waals surface area contributed by atoms with E-state index in [2.05, 4.69) is 10.6 Å². The lowest BCUT2D eigenvalue weighted by molar-refractivity contribution is -0.125. The molecule has 0 bridgehead atoms. The van der Waals surface area contributed by atoms with Crippen LogP contribution < -0.4 is 29.9 Å². The summed E-state index contributed by atoms with van der Waals surface area (Å²) in [5, 5.41) is 6.06. The Bertz CT molecular complexity index is 1650. The molecule has 0 spiro atoms. The van der Waals surface area contributed by atoms with Crippen LogP contribution in [-0.2, 0) is 32.0 Å². The second kappa shape index (κ2) is 18.8. The van der Waals surface area contributed by atoms with Crippen LogP contribution in [0, 0.1) is 0 Å². The molecule has 0 aliphatic carbocycles. The summed E-state index contributed by atoms with van der Waals surface area (Å²) < 4.78 is 16.2. The smallest absolute Gasteiger partial charge is 0.249 e. The van der Waals surface area contributed by atoms with E-state index in [1.165, 1.54) is 11.0 Å². The van der Waals surface area contributed by atoms with Gasteiger partial charge in [0, 0.05) is 38.0 Å². The van der Waals surface area contributed by atoms with Gasteiger partial charge in [0.25, 0.3) is 0 Å². The highest BCUT2D eigenvalue weighted by atomic mass is 16.5. The van der Waals surface area contributed by atoms with Crippen molar-refractivity contribution in [1.29, 1.82) is 0 Å². The van der Waals surface area contributed by atoms with Gasteiger partial charge in [-0.25, -0.2) is 0 Å². The Kier molecular flexibility index (Phi) is 13.9. The van der Waals surface area contributed by atoms with Crippen LogP contribution >= 0.6 is 0 Å². The molecule has 0 fully saturated rings. The van der Waals surface area contributed by atoms with Crippen LogP contribution in [0.3, 0.4) is 0 Å². The topological polar surface area (TPSA) is 109 Å². The number of benzene rings is 4. The van der Waals surface area contributed by atoms with Crippen molar-refractivity contribution in [3.63, 3.8) is 0 Å². The third-order valence-electron chi connectivity index (χ3n) is 7.97. The molecular formula is C39H44N4O6. The molecule has 2 N–H and O–H groups in total. The zero-order chi connectivity index (χ0) is 35.0. The van der Waals surface area contributed by atoms with Crippen molar-refractivity contribution in [2.24, 2.45) is 0 Å². The number of anilines is 2. The van der Waals surface area contributed by atoms with Crippen molar-refractivity contribution >= 4 is 29.1 Å². The average Bonchev–Trinajstić information content (AvgIpc) is 3.15. The second-order valence-electron chi connectivity index (χ2n) is 11.3. The molecule has 0 aliphatic rings. The largest absolute Gasteiger partial charge is 0.497 e. The Hall–Kier alpha value is -5.45. The van der Waals surface area contributed by atoms with Gasteiger partial charge in [0.15, 0.2) is 0 Å². The standard InChI is InChI=1S/C39H44N4O6/c1-42(31-17-21-33(47-3)22-18-31)38(45)35(26-29-12-7-5-8-13-29)40-28-49-25-11-16-37(44)41-36(27-30-14-9-6-10-15-30)39(46)43(2)32-19-23-34(48-4)24-20-32/h5-24,35-36,40H,25-28H2,1-4H3,(H,41,44)/b16-11+/t35-,36-/m0/s1. The van der Waals surface area contributed by atoms with Gasteiger partial charge >= 0.3 is 0 Å². The summed E-state index contributed by atoms with van der Waals surface area (Å²) in [4.78, 5) is 43.2.